The Morgan fingerprint density at radius 3 is 2.46 bits per heavy atom. The fourth-order valence-electron chi connectivity index (χ4n) is 4.62. The van der Waals surface area contributed by atoms with E-state index in [0.29, 0.717) is 5.92 Å². The molecule has 1 unspecified atom stereocenters. The van der Waals surface area contributed by atoms with Crippen molar-refractivity contribution in [2.45, 2.75) is 63.3 Å². The van der Waals surface area contributed by atoms with Crippen LogP contribution in [0.3, 0.4) is 0 Å². The van der Waals surface area contributed by atoms with Crippen LogP contribution >= 0.6 is 0 Å². The van der Waals surface area contributed by atoms with Gasteiger partial charge in [0.05, 0.1) is 12.7 Å². The lowest BCUT2D eigenvalue weighted by atomic mass is 9.81. The minimum atomic E-state index is -0.279. The Hall–Kier alpha value is -0.900. The zero-order valence-corrected chi connectivity index (χ0v) is 15.0. The predicted molar refractivity (Wildman–Crippen MR) is 96.0 cm³/mol. The quantitative estimate of drug-likeness (QED) is 0.830. The van der Waals surface area contributed by atoms with Crippen LogP contribution in [0.5, 0.6) is 0 Å². The van der Waals surface area contributed by atoms with E-state index >= 15 is 0 Å². The first-order valence-corrected chi connectivity index (χ1v) is 9.81. The third kappa shape index (κ3) is 3.68. The summed E-state index contributed by atoms with van der Waals surface area (Å²) in [5.41, 5.74) is 1.48. The van der Waals surface area contributed by atoms with E-state index in [0.717, 1.165) is 31.9 Å². The molecule has 2 heterocycles. The van der Waals surface area contributed by atoms with E-state index in [4.69, 9.17) is 9.47 Å². The predicted octanol–water partition coefficient (Wildman–Crippen LogP) is 4.19. The summed E-state index contributed by atoms with van der Waals surface area (Å²) in [6.45, 7) is 6.65. The molecule has 1 atom stereocenters. The van der Waals surface area contributed by atoms with Crippen LogP contribution in [0.4, 0.5) is 0 Å². The average Bonchev–Trinajstić information content (AvgIpc) is 3.01. The topological polar surface area (TPSA) is 21.7 Å². The van der Waals surface area contributed by atoms with Crippen LogP contribution in [0.1, 0.15) is 56.9 Å². The van der Waals surface area contributed by atoms with Crippen LogP contribution in [0.2, 0.25) is 0 Å². The van der Waals surface area contributed by atoms with Gasteiger partial charge < -0.3 is 14.4 Å². The SMILES string of the molecule is CC1CCN(CC2COC3(CCC(c4ccccc4)CC3)O2)CC1. The molecule has 0 amide bonds. The summed E-state index contributed by atoms with van der Waals surface area (Å²) in [4.78, 5) is 2.57. The van der Waals surface area contributed by atoms with Crippen molar-refractivity contribution in [3.8, 4) is 0 Å². The fourth-order valence-corrected chi connectivity index (χ4v) is 4.62. The number of rotatable bonds is 3. The van der Waals surface area contributed by atoms with E-state index in [1.165, 1.54) is 44.3 Å². The molecular formula is C21H31NO2. The first kappa shape index (κ1) is 16.6. The molecule has 3 aliphatic rings. The smallest absolute Gasteiger partial charge is 0.169 e. The molecule has 1 aromatic rings. The highest BCUT2D eigenvalue weighted by molar-refractivity contribution is 5.20. The van der Waals surface area contributed by atoms with Gasteiger partial charge in [-0.3, -0.25) is 0 Å². The largest absolute Gasteiger partial charge is 0.347 e. The lowest BCUT2D eigenvalue weighted by molar-refractivity contribution is -0.190. The third-order valence-electron chi connectivity index (χ3n) is 6.27. The van der Waals surface area contributed by atoms with E-state index in [2.05, 4.69) is 42.2 Å². The maximum Gasteiger partial charge on any atom is 0.169 e. The average molecular weight is 329 g/mol. The van der Waals surface area contributed by atoms with Gasteiger partial charge in [-0.05, 0) is 56.2 Å². The van der Waals surface area contributed by atoms with Crippen molar-refractivity contribution < 1.29 is 9.47 Å². The highest BCUT2D eigenvalue weighted by Crippen LogP contribution is 2.43. The Labute approximate surface area is 146 Å². The van der Waals surface area contributed by atoms with Crippen molar-refractivity contribution in [2.75, 3.05) is 26.2 Å². The second kappa shape index (κ2) is 7.15. The number of likely N-dealkylation sites (tertiary alicyclic amines) is 1. The molecule has 24 heavy (non-hydrogen) atoms. The molecule has 3 fully saturated rings. The molecule has 1 saturated carbocycles. The minimum Gasteiger partial charge on any atom is -0.347 e. The van der Waals surface area contributed by atoms with Crippen molar-refractivity contribution in [2.24, 2.45) is 5.92 Å². The van der Waals surface area contributed by atoms with Crippen LogP contribution in [-0.2, 0) is 9.47 Å². The van der Waals surface area contributed by atoms with E-state index in [1.54, 1.807) is 0 Å². The fraction of sp³-hybridized carbons (Fsp3) is 0.714. The van der Waals surface area contributed by atoms with Gasteiger partial charge in [-0.15, -0.1) is 0 Å². The minimum absolute atomic E-state index is 0.270. The number of hydrogen-bond acceptors (Lipinski definition) is 3. The van der Waals surface area contributed by atoms with Crippen LogP contribution < -0.4 is 0 Å². The second-order valence-corrected chi connectivity index (χ2v) is 8.13. The zero-order valence-electron chi connectivity index (χ0n) is 15.0. The molecule has 3 heteroatoms. The van der Waals surface area contributed by atoms with Crippen LogP contribution in [0.25, 0.3) is 0 Å². The summed E-state index contributed by atoms with van der Waals surface area (Å²) in [5.74, 6) is 1.28. The molecule has 1 aromatic carbocycles. The first-order chi connectivity index (χ1) is 11.7. The summed E-state index contributed by atoms with van der Waals surface area (Å²) in [6.07, 6.45) is 7.37. The van der Waals surface area contributed by atoms with Gasteiger partial charge in [0.25, 0.3) is 0 Å². The number of piperidine rings is 1. The number of nitrogens with zero attached hydrogens (tertiary/aromatic N) is 1. The molecule has 132 valence electrons. The number of benzene rings is 1. The van der Waals surface area contributed by atoms with Gasteiger partial charge in [-0.1, -0.05) is 37.3 Å². The van der Waals surface area contributed by atoms with Crippen LogP contribution in [-0.4, -0.2) is 43.0 Å². The molecule has 4 rings (SSSR count). The standard InChI is InChI=1S/C21H31NO2/c1-17-9-13-22(14-10-17)15-20-16-23-21(24-20)11-7-19(8-12-21)18-5-3-2-4-6-18/h2-6,17,19-20H,7-16H2,1H3. The Balaban J connectivity index is 1.28. The van der Waals surface area contributed by atoms with Crippen molar-refractivity contribution in [1.82, 2.24) is 4.90 Å². The molecule has 2 saturated heterocycles. The lowest BCUT2D eigenvalue weighted by Crippen LogP contribution is -2.41. The highest BCUT2D eigenvalue weighted by atomic mass is 16.7. The summed E-state index contributed by atoms with van der Waals surface area (Å²) in [6, 6.07) is 10.9. The van der Waals surface area contributed by atoms with Gasteiger partial charge >= 0.3 is 0 Å². The van der Waals surface area contributed by atoms with Crippen LogP contribution in [0.15, 0.2) is 30.3 Å². The van der Waals surface area contributed by atoms with Gasteiger partial charge in [0.15, 0.2) is 5.79 Å². The number of ether oxygens (including phenoxy) is 2. The number of hydrogen-bond donors (Lipinski definition) is 0. The Kier molecular flexibility index (Phi) is 4.93. The molecule has 0 aromatic heterocycles. The normalized spacial score (nSPS) is 35.5. The maximum absolute atomic E-state index is 6.44. The molecule has 2 aliphatic heterocycles. The van der Waals surface area contributed by atoms with Crippen molar-refractivity contribution in [3.63, 3.8) is 0 Å². The Morgan fingerprint density at radius 1 is 1.04 bits per heavy atom. The Bertz CT molecular complexity index is 516. The zero-order chi connectivity index (χ0) is 16.4. The summed E-state index contributed by atoms with van der Waals surface area (Å²) < 4.78 is 12.6. The molecule has 0 N–H and O–H groups in total. The molecule has 3 nitrogen and oxygen atoms in total. The summed E-state index contributed by atoms with van der Waals surface area (Å²) in [5, 5.41) is 0. The second-order valence-electron chi connectivity index (χ2n) is 8.13. The maximum atomic E-state index is 6.44. The van der Waals surface area contributed by atoms with E-state index in [9.17, 15) is 0 Å². The first-order valence-electron chi connectivity index (χ1n) is 9.81. The summed E-state index contributed by atoms with van der Waals surface area (Å²) >= 11 is 0. The molecule has 1 spiro atoms. The van der Waals surface area contributed by atoms with Gasteiger partial charge in [-0.25, -0.2) is 0 Å². The molecular weight excluding hydrogens is 298 g/mol. The Morgan fingerprint density at radius 2 is 1.75 bits per heavy atom. The van der Waals surface area contributed by atoms with Gasteiger partial charge in [-0.2, -0.15) is 0 Å². The monoisotopic (exact) mass is 329 g/mol. The van der Waals surface area contributed by atoms with E-state index in [-0.39, 0.29) is 11.9 Å². The van der Waals surface area contributed by atoms with E-state index < -0.39 is 0 Å². The summed E-state index contributed by atoms with van der Waals surface area (Å²) in [7, 11) is 0. The van der Waals surface area contributed by atoms with Crippen molar-refractivity contribution in [3.05, 3.63) is 35.9 Å². The highest BCUT2D eigenvalue weighted by Gasteiger charge is 2.44. The molecule has 0 radical (unpaired) electrons. The molecule has 0 bridgehead atoms. The third-order valence-corrected chi connectivity index (χ3v) is 6.27. The lowest BCUT2D eigenvalue weighted by Gasteiger charge is -2.36. The van der Waals surface area contributed by atoms with Crippen LogP contribution in [0, 0.1) is 5.92 Å². The van der Waals surface area contributed by atoms with Gasteiger partial charge in [0.1, 0.15) is 0 Å². The van der Waals surface area contributed by atoms with Crippen molar-refractivity contribution >= 4 is 0 Å². The van der Waals surface area contributed by atoms with Gasteiger partial charge in [0, 0.05) is 19.4 Å². The van der Waals surface area contributed by atoms with Crippen molar-refractivity contribution in [1.29, 1.82) is 0 Å². The van der Waals surface area contributed by atoms with E-state index in [1.807, 2.05) is 0 Å². The van der Waals surface area contributed by atoms with Gasteiger partial charge in [0.2, 0.25) is 0 Å². The molecule has 1 aliphatic carbocycles.